The van der Waals surface area contributed by atoms with Crippen LogP contribution >= 0.6 is 0 Å². The lowest BCUT2D eigenvalue weighted by Gasteiger charge is -2.25. The summed E-state index contributed by atoms with van der Waals surface area (Å²) in [5, 5.41) is 0. The maximum atomic E-state index is 13.7. The summed E-state index contributed by atoms with van der Waals surface area (Å²) in [7, 11) is 0. The van der Waals surface area contributed by atoms with Gasteiger partial charge in [-0.1, -0.05) is 128 Å². The van der Waals surface area contributed by atoms with Gasteiger partial charge >= 0.3 is 0 Å². The maximum absolute atomic E-state index is 13.7. The van der Waals surface area contributed by atoms with Crippen LogP contribution < -0.4 is 18.9 Å². The Bertz CT molecular complexity index is 1040. The zero-order chi connectivity index (χ0) is 34.6. The van der Waals surface area contributed by atoms with Crippen molar-refractivity contribution >= 4 is 5.91 Å². The Morgan fingerprint density at radius 1 is 0.571 bits per heavy atom. The second kappa shape index (κ2) is 26.8. The van der Waals surface area contributed by atoms with Crippen LogP contribution in [0.2, 0.25) is 0 Å². The number of nitrogens with zero attached hydrogens (tertiary/aromatic N) is 1. The normalized spacial score (nSPS) is 14.4. The molecule has 3 rings (SSSR count). The van der Waals surface area contributed by atoms with E-state index in [0.29, 0.717) is 49.4 Å². The molecular formula is C41H65NO7. The van der Waals surface area contributed by atoms with Crippen LogP contribution in [0.25, 0.3) is 0 Å². The number of hydrogen-bond donors (Lipinski definition) is 0. The van der Waals surface area contributed by atoms with E-state index < -0.39 is 6.10 Å². The molecule has 0 saturated carbocycles. The molecule has 8 nitrogen and oxygen atoms in total. The van der Waals surface area contributed by atoms with Crippen LogP contribution in [0.15, 0.2) is 48.5 Å². The molecule has 0 bridgehead atoms. The van der Waals surface area contributed by atoms with Crippen LogP contribution in [0.3, 0.4) is 0 Å². The van der Waals surface area contributed by atoms with Crippen molar-refractivity contribution in [2.24, 2.45) is 0 Å². The molecule has 276 valence electrons. The topological polar surface area (TPSA) is 75.7 Å². The Balaban J connectivity index is 1.60. The average Bonchev–Trinajstić information content (AvgIpc) is 3.12. The third-order valence-electron chi connectivity index (χ3n) is 8.88. The number of fused-ring (bicyclic) bond motifs is 2. The van der Waals surface area contributed by atoms with E-state index in [4.69, 9.17) is 28.4 Å². The molecule has 0 fully saturated rings. The van der Waals surface area contributed by atoms with Gasteiger partial charge in [-0.15, -0.1) is 0 Å². The van der Waals surface area contributed by atoms with E-state index in [1.807, 2.05) is 53.4 Å². The Labute approximate surface area is 297 Å². The first-order valence-electron chi connectivity index (χ1n) is 19.4. The molecule has 0 saturated heterocycles. The van der Waals surface area contributed by atoms with Crippen molar-refractivity contribution in [2.45, 2.75) is 123 Å². The van der Waals surface area contributed by atoms with Crippen LogP contribution in [0.5, 0.6) is 23.0 Å². The van der Waals surface area contributed by atoms with E-state index >= 15 is 0 Å². The number of amides is 1. The average molecular weight is 684 g/mol. The molecule has 2 aromatic rings. The number of rotatable bonds is 21. The summed E-state index contributed by atoms with van der Waals surface area (Å²) in [6.45, 7) is 8.10. The summed E-state index contributed by atoms with van der Waals surface area (Å²) in [5.41, 5.74) is 0. The second-order valence-electron chi connectivity index (χ2n) is 13.1. The van der Waals surface area contributed by atoms with E-state index in [1.54, 1.807) is 0 Å². The minimum Gasteiger partial charge on any atom is -0.487 e. The molecule has 49 heavy (non-hydrogen) atoms. The molecule has 0 unspecified atom stereocenters. The third kappa shape index (κ3) is 18.0. The maximum Gasteiger partial charge on any atom is 0.248 e. The van der Waals surface area contributed by atoms with Crippen molar-refractivity contribution in [3.05, 3.63) is 48.5 Å². The van der Waals surface area contributed by atoms with Crippen molar-refractivity contribution < 1.29 is 33.2 Å². The van der Waals surface area contributed by atoms with Crippen LogP contribution in [-0.2, 0) is 14.3 Å². The van der Waals surface area contributed by atoms with Gasteiger partial charge < -0.3 is 33.3 Å². The molecule has 1 amide bonds. The fraction of sp³-hybridized carbons (Fsp3) is 0.683. The summed E-state index contributed by atoms with van der Waals surface area (Å²) < 4.78 is 36.3. The molecule has 0 spiro atoms. The summed E-state index contributed by atoms with van der Waals surface area (Å²) in [6, 6.07) is 15.2. The standard InChI is InChI=1S/C41H65NO7/c1-3-5-7-9-11-13-15-21-27-42(28-22-16-14-12-10-8-6-4-2)41(43)35-47-36-33-48-39-25-19-17-23-37(39)45-31-29-44-30-32-46-38-24-18-20-26-40(38)49-34-36/h17-20,23-26,36H,3-16,21-22,27-35H2,1-2H3. The first-order chi connectivity index (χ1) is 24.2. The van der Waals surface area contributed by atoms with Crippen LogP contribution in [0.1, 0.15) is 117 Å². The van der Waals surface area contributed by atoms with E-state index in [1.165, 1.54) is 77.0 Å². The third-order valence-corrected chi connectivity index (χ3v) is 8.88. The zero-order valence-electron chi connectivity index (χ0n) is 30.7. The van der Waals surface area contributed by atoms with Gasteiger partial charge in [-0.3, -0.25) is 4.79 Å². The number of unbranched alkanes of at least 4 members (excludes halogenated alkanes) is 14. The van der Waals surface area contributed by atoms with Gasteiger partial charge in [0.15, 0.2) is 23.0 Å². The van der Waals surface area contributed by atoms with Crippen molar-refractivity contribution in [2.75, 3.05) is 59.3 Å². The number of carbonyl (C=O) groups is 1. The molecule has 0 atom stereocenters. The lowest BCUT2D eigenvalue weighted by atomic mass is 10.1. The number of para-hydroxylation sites is 4. The molecule has 0 aliphatic carbocycles. The van der Waals surface area contributed by atoms with Crippen LogP contribution in [-0.4, -0.2) is 76.2 Å². The fourth-order valence-corrected chi connectivity index (χ4v) is 5.92. The summed E-state index contributed by atoms with van der Waals surface area (Å²) in [5.74, 6) is 2.54. The number of ether oxygens (including phenoxy) is 6. The zero-order valence-corrected chi connectivity index (χ0v) is 30.7. The molecule has 0 aromatic heterocycles. The highest BCUT2D eigenvalue weighted by atomic mass is 16.6. The van der Waals surface area contributed by atoms with E-state index in [9.17, 15) is 4.79 Å². The quantitative estimate of drug-likeness (QED) is 0.121. The first kappa shape index (κ1) is 40.5. The van der Waals surface area contributed by atoms with Gasteiger partial charge in [0, 0.05) is 13.1 Å². The second-order valence-corrected chi connectivity index (χ2v) is 13.1. The summed E-state index contributed by atoms with van der Waals surface area (Å²) in [6.07, 6.45) is 19.4. The van der Waals surface area contributed by atoms with Gasteiger partial charge in [-0.05, 0) is 37.1 Å². The first-order valence-corrected chi connectivity index (χ1v) is 19.4. The van der Waals surface area contributed by atoms with Gasteiger partial charge in [0.25, 0.3) is 0 Å². The number of hydrogen-bond acceptors (Lipinski definition) is 7. The molecule has 0 radical (unpaired) electrons. The largest absolute Gasteiger partial charge is 0.487 e. The molecular weight excluding hydrogens is 618 g/mol. The highest BCUT2D eigenvalue weighted by Crippen LogP contribution is 2.28. The molecule has 8 heteroatoms. The molecule has 1 aliphatic heterocycles. The van der Waals surface area contributed by atoms with E-state index in [0.717, 1.165) is 38.8 Å². The van der Waals surface area contributed by atoms with E-state index in [-0.39, 0.29) is 25.7 Å². The monoisotopic (exact) mass is 683 g/mol. The molecule has 2 aromatic carbocycles. The van der Waals surface area contributed by atoms with E-state index in [2.05, 4.69) is 13.8 Å². The SMILES string of the molecule is CCCCCCCCCCN(CCCCCCCCCC)C(=O)COC1COc2ccccc2OCCOCCOc2ccccc2OC1. The minimum absolute atomic E-state index is 0.0148. The fourth-order valence-electron chi connectivity index (χ4n) is 5.92. The van der Waals surface area contributed by atoms with Gasteiger partial charge in [0.1, 0.15) is 39.1 Å². The predicted molar refractivity (Wildman–Crippen MR) is 197 cm³/mol. The highest BCUT2D eigenvalue weighted by molar-refractivity contribution is 5.77. The molecule has 0 N–H and O–H groups in total. The van der Waals surface area contributed by atoms with Crippen LogP contribution in [0.4, 0.5) is 0 Å². The van der Waals surface area contributed by atoms with Gasteiger partial charge in [0.2, 0.25) is 5.91 Å². The summed E-state index contributed by atoms with van der Waals surface area (Å²) in [4.78, 5) is 15.7. The van der Waals surface area contributed by atoms with Gasteiger partial charge in [0.05, 0.1) is 13.2 Å². The summed E-state index contributed by atoms with van der Waals surface area (Å²) >= 11 is 0. The highest BCUT2D eigenvalue weighted by Gasteiger charge is 2.20. The van der Waals surface area contributed by atoms with Crippen molar-refractivity contribution in [3.8, 4) is 23.0 Å². The Morgan fingerprint density at radius 2 is 0.959 bits per heavy atom. The lowest BCUT2D eigenvalue weighted by Crippen LogP contribution is -2.38. The molecule has 1 heterocycles. The number of carbonyl (C=O) groups excluding carboxylic acids is 1. The minimum atomic E-state index is -0.491. The Morgan fingerprint density at radius 3 is 1.39 bits per heavy atom. The van der Waals surface area contributed by atoms with Crippen LogP contribution in [0, 0.1) is 0 Å². The van der Waals surface area contributed by atoms with Gasteiger partial charge in [-0.2, -0.15) is 0 Å². The molecule has 1 aliphatic rings. The Hall–Kier alpha value is -2.97. The van der Waals surface area contributed by atoms with Gasteiger partial charge in [-0.25, -0.2) is 0 Å². The predicted octanol–water partition coefficient (Wildman–Crippen LogP) is 9.43. The smallest absolute Gasteiger partial charge is 0.248 e. The van der Waals surface area contributed by atoms with Crippen molar-refractivity contribution in [3.63, 3.8) is 0 Å². The lowest BCUT2D eigenvalue weighted by molar-refractivity contribution is -0.139. The van der Waals surface area contributed by atoms with Crippen molar-refractivity contribution in [1.29, 1.82) is 0 Å². The Kier molecular flexibility index (Phi) is 22.2. The number of benzene rings is 2. The van der Waals surface area contributed by atoms with Crippen molar-refractivity contribution in [1.82, 2.24) is 4.90 Å².